The molecule has 0 N–H and O–H groups in total. The Labute approximate surface area is 133 Å². The molecule has 3 rings (SSSR count). The standard InChI is InChI=1S/C16H14Cl2O3/c17-13-6-7-14(20-10-12-9-19-12)16(15(13)18)21-8-11-4-2-1-3-5-11/h1-7,12H,8-10H2. The molecule has 1 saturated heterocycles. The third-order valence-electron chi connectivity index (χ3n) is 3.07. The largest absolute Gasteiger partial charge is 0.487 e. The van der Waals surface area contributed by atoms with E-state index in [9.17, 15) is 0 Å². The monoisotopic (exact) mass is 324 g/mol. The highest BCUT2D eigenvalue weighted by Gasteiger charge is 2.24. The van der Waals surface area contributed by atoms with Crippen molar-refractivity contribution in [1.82, 2.24) is 0 Å². The molecule has 0 bridgehead atoms. The number of hydrogen-bond donors (Lipinski definition) is 0. The van der Waals surface area contributed by atoms with E-state index in [-0.39, 0.29) is 6.10 Å². The smallest absolute Gasteiger partial charge is 0.181 e. The van der Waals surface area contributed by atoms with E-state index >= 15 is 0 Å². The first-order valence-electron chi connectivity index (χ1n) is 6.63. The molecule has 1 atom stereocenters. The summed E-state index contributed by atoms with van der Waals surface area (Å²) >= 11 is 12.3. The topological polar surface area (TPSA) is 31.0 Å². The molecule has 1 heterocycles. The predicted molar refractivity (Wildman–Crippen MR) is 82.5 cm³/mol. The fraction of sp³-hybridized carbons (Fsp3) is 0.250. The first-order valence-corrected chi connectivity index (χ1v) is 7.39. The normalized spacial score (nSPS) is 16.6. The Bertz CT molecular complexity index is 612. The second kappa shape index (κ2) is 6.56. The molecule has 1 aliphatic rings. The van der Waals surface area contributed by atoms with E-state index in [1.165, 1.54) is 0 Å². The van der Waals surface area contributed by atoms with Crippen molar-refractivity contribution < 1.29 is 14.2 Å². The third kappa shape index (κ3) is 3.82. The van der Waals surface area contributed by atoms with Crippen LogP contribution in [0.4, 0.5) is 0 Å². The number of halogens is 2. The van der Waals surface area contributed by atoms with Crippen LogP contribution in [0, 0.1) is 0 Å². The average Bonchev–Trinajstić information content (AvgIpc) is 3.33. The van der Waals surface area contributed by atoms with Gasteiger partial charge in [0.2, 0.25) is 0 Å². The summed E-state index contributed by atoms with van der Waals surface area (Å²) in [5, 5.41) is 0.802. The van der Waals surface area contributed by atoms with Crippen LogP contribution < -0.4 is 9.47 Å². The predicted octanol–water partition coefficient (Wildman–Crippen LogP) is 4.35. The molecule has 0 aliphatic carbocycles. The Morgan fingerprint density at radius 2 is 1.81 bits per heavy atom. The Balaban J connectivity index is 1.75. The lowest BCUT2D eigenvalue weighted by atomic mass is 10.2. The Morgan fingerprint density at radius 1 is 1.05 bits per heavy atom. The lowest BCUT2D eigenvalue weighted by Gasteiger charge is -2.14. The Hall–Kier alpha value is -1.42. The minimum absolute atomic E-state index is 0.168. The third-order valence-corrected chi connectivity index (χ3v) is 3.85. The van der Waals surface area contributed by atoms with Crippen LogP contribution >= 0.6 is 23.2 Å². The van der Waals surface area contributed by atoms with Crippen LogP contribution in [0.15, 0.2) is 42.5 Å². The van der Waals surface area contributed by atoms with Crippen LogP contribution in [0.25, 0.3) is 0 Å². The van der Waals surface area contributed by atoms with E-state index in [0.29, 0.717) is 34.8 Å². The van der Waals surface area contributed by atoms with Gasteiger partial charge in [-0.25, -0.2) is 0 Å². The van der Waals surface area contributed by atoms with Gasteiger partial charge in [0.1, 0.15) is 24.3 Å². The summed E-state index contributed by atoms with van der Waals surface area (Å²) in [5.41, 5.74) is 1.05. The zero-order valence-electron chi connectivity index (χ0n) is 11.2. The van der Waals surface area contributed by atoms with Crippen molar-refractivity contribution in [2.24, 2.45) is 0 Å². The summed E-state index contributed by atoms with van der Waals surface area (Å²) in [5.74, 6) is 1.05. The highest BCUT2D eigenvalue weighted by Crippen LogP contribution is 2.40. The second-order valence-corrected chi connectivity index (χ2v) is 5.51. The van der Waals surface area contributed by atoms with Crippen LogP contribution in [0.5, 0.6) is 11.5 Å². The molecule has 0 aromatic heterocycles. The lowest BCUT2D eigenvalue weighted by molar-refractivity contribution is 0.238. The van der Waals surface area contributed by atoms with E-state index in [4.69, 9.17) is 37.4 Å². The minimum atomic E-state index is 0.168. The summed E-state index contributed by atoms with van der Waals surface area (Å²) < 4.78 is 16.6. The van der Waals surface area contributed by atoms with Crippen LogP contribution in [0.2, 0.25) is 10.0 Å². The summed E-state index contributed by atoms with van der Waals surface area (Å²) in [4.78, 5) is 0. The van der Waals surface area contributed by atoms with Crippen LogP contribution in [-0.2, 0) is 11.3 Å². The zero-order chi connectivity index (χ0) is 14.7. The number of ether oxygens (including phenoxy) is 3. The quantitative estimate of drug-likeness (QED) is 0.740. The van der Waals surface area contributed by atoms with Gasteiger partial charge < -0.3 is 14.2 Å². The van der Waals surface area contributed by atoms with Gasteiger partial charge in [-0.05, 0) is 17.7 Å². The highest BCUT2D eigenvalue weighted by molar-refractivity contribution is 6.43. The van der Waals surface area contributed by atoms with Crippen LogP contribution in [0.1, 0.15) is 5.56 Å². The minimum Gasteiger partial charge on any atom is -0.487 e. The van der Waals surface area contributed by atoms with Gasteiger partial charge in [0.05, 0.1) is 11.6 Å². The van der Waals surface area contributed by atoms with Crippen molar-refractivity contribution in [1.29, 1.82) is 0 Å². The van der Waals surface area contributed by atoms with Gasteiger partial charge in [0, 0.05) is 0 Å². The van der Waals surface area contributed by atoms with Gasteiger partial charge in [-0.3, -0.25) is 0 Å². The van der Waals surface area contributed by atoms with Crippen molar-refractivity contribution in [3.63, 3.8) is 0 Å². The van der Waals surface area contributed by atoms with Crippen molar-refractivity contribution in [2.45, 2.75) is 12.7 Å². The van der Waals surface area contributed by atoms with E-state index in [0.717, 1.165) is 12.2 Å². The molecule has 1 aliphatic heterocycles. The molecule has 2 aromatic rings. The molecule has 0 radical (unpaired) electrons. The molecule has 0 amide bonds. The summed E-state index contributed by atoms with van der Waals surface area (Å²) in [6, 6.07) is 13.3. The van der Waals surface area contributed by atoms with E-state index in [2.05, 4.69) is 0 Å². The molecular weight excluding hydrogens is 311 g/mol. The molecule has 5 heteroatoms. The van der Waals surface area contributed by atoms with Crippen LogP contribution in [0.3, 0.4) is 0 Å². The molecule has 110 valence electrons. The van der Waals surface area contributed by atoms with Crippen molar-refractivity contribution in [3.8, 4) is 11.5 Å². The van der Waals surface area contributed by atoms with E-state index in [1.54, 1.807) is 12.1 Å². The number of rotatable bonds is 6. The molecule has 1 unspecified atom stereocenters. The number of epoxide rings is 1. The fourth-order valence-electron chi connectivity index (χ4n) is 1.84. The van der Waals surface area contributed by atoms with Gasteiger partial charge in [0.15, 0.2) is 11.5 Å². The molecule has 21 heavy (non-hydrogen) atoms. The average molecular weight is 325 g/mol. The SMILES string of the molecule is Clc1ccc(OCC2CO2)c(OCc2ccccc2)c1Cl. The van der Waals surface area contributed by atoms with Gasteiger partial charge in [0.25, 0.3) is 0 Å². The first kappa shape index (κ1) is 14.5. The lowest BCUT2D eigenvalue weighted by Crippen LogP contribution is -2.06. The maximum absolute atomic E-state index is 6.23. The Morgan fingerprint density at radius 3 is 2.52 bits per heavy atom. The first-order chi connectivity index (χ1) is 10.2. The Kier molecular flexibility index (Phi) is 4.54. The zero-order valence-corrected chi connectivity index (χ0v) is 12.7. The van der Waals surface area contributed by atoms with Crippen LogP contribution in [-0.4, -0.2) is 19.3 Å². The molecule has 2 aromatic carbocycles. The molecule has 3 nitrogen and oxygen atoms in total. The van der Waals surface area contributed by atoms with E-state index in [1.807, 2.05) is 30.3 Å². The van der Waals surface area contributed by atoms with Gasteiger partial charge in [-0.1, -0.05) is 53.5 Å². The summed E-state index contributed by atoms with van der Waals surface area (Å²) in [6.45, 7) is 1.62. The van der Waals surface area contributed by atoms with Crippen molar-refractivity contribution in [3.05, 3.63) is 58.1 Å². The summed E-state index contributed by atoms with van der Waals surface area (Å²) in [7, 11) is 0. The van der Waals surface area contributed by atoms with Crippen molar-refractivity contribution in [2.75, 3.05) is 13.2 Å². The van der Waals surface area contributed by atoms with Gasteiger partial charge in [-0.15, -0.1) is 0 Å². The highest BCUT2D eigenvalue weighted by atomic mass is 35.5. The van der Waals surface area contributed by atoms with Crippen molar-refractivity contribution >= 4 is 23.2 Å². The maximum Gasteiger partial charge on any atom is 0.181 e. The van der Waals surface area contributed by atoms with E-state index < -0.39 is 0 Å². The number of hydrogen-bond acceptors (Lipinski definition) is 3. The second-order valence-electron chi connectivity index (χ2n) is 4.73. The molecule has 0 saturated carbocycles. The van der Waals surface area contributed by atoms with Gasteiger partial charge in [-0.2, -0.15) is 0 Å². The number of benzene rings is 2. The fourth-order valence-corrected chi connectivity index (χ4v) is 2.20. The molecular formula is C16H14Cl2O3. The van der Waals surface area contributed by atoms with Gasteiger partial charge >= 0.3 is 0 Å². The maximum atomic E-state index is 6.23. The summed E-state index contributed by atoms with van der Waals surface area (Å²) in [6.07, 6.45) is 0.168. The molecule has 1 fully saturated rings. The molecule has 0 spiro atoms.